The molecule has 1 heterocycles. The topological polar surface area (TPSA) is 65.5 Å². The molecule has 1 rings (SSSR count). The molecule has 0 spiro atoms. The van der Waals surface area contributed by atoms with E-state index in [9.17, 15) is 9.59 Å². The van der Waals surface area contributed by atoms with Gasteiger partial charge in [-0.2, -0.15) is 0 Å². The Balaban J connectivity index is 2.61. The average molecular weight is 251 g/mol. The van der Waals surface area contributed by atoms with E-state index in [0.717, 1.165) is 6.42 Å². The average Bonchev–Trinajstić information content (AvgIpc) is 2.42. The molecule has 0 N–H and O–H groups in total. The van der Waals surface area contributed by atoms with Gasteiger partial charge in [-0.25, -0.2) is 4.79 Å². The van der Waals surface area contributed by atoms with Crippen LogP contribution in [0.5, 0.6) is 0 Å². The molecular formula is C13H17NO4. The van der Waals surface area contributed by atoms with Crippen molar-refractivity contribution in [2.75, 3.05) is 13.7 Å². The minimum Gasteiger partial charge on any atom is -0.466 e. The van der Waals surface area contributed by atoms with E-state index < -0.39 is 5.97 Å². The normalized spacial score (nSPS) is 9.89. The summed E-state index contributed by atoms with van der Waals surface area (Å²) in [5, 5.41) is 0. The van der Waals surface area contributed by atoms with Gasteiger partial charge in [0, 0.05) is 18.8 Å². The Kier molecular flexibility index (Phi) is 5.84. The SMILES string of the molecule is CCCOC(=O)CCc1cnccc1C(=O)OC. The molecule has 0 amide bonds. The molecule has 0 atom stereocenters. The van der Waals surface area contributed by atoms with Crippen molar-refractivity contribution in [1.29, 1.82) is 0 Å². The molecule has 0 aromatic carbocycles. The number of ether oxygens (including phenoxy) is 2. The maximum Gasteiger partial charge on any atom is 0.338 e. The number of methoxy groups -OCH3 is 1. The van der Waals surface area contributed by atoms with Crippen molar-refractivity contribution in [3.05, 3.63) is 29.6 Å². The van der Waals surface area contributed by atoms with Gasteiger partial charge in [-0.3, -0.25) is 9.78 Å². The first kappa shape index (κ1) is 14.2. The Bertz CT molecular complexity index is 417. The quantitative estimate of drug-likeness (QED) is 0.721. The number of aromatic nitrogens is 1. The summed E-state index contributed by atoms with van der Waals surface area (Å²) in [5.41, 5.74) is 1.13. The molecule has 0 radical (unpaired) electrons. The zero-order valence-corrected chi connectivity index (χ0v) is 10.6. The Hall–Kier alpha value is -1.91. The molecule has 1 aromatic heterocycles. The third-order valence-corrected chi connectivity index (χ3v) is 2.37. The van der Waals surface area contributed by atoms with Crippen molar-refractivity contribution in [3.63, 3.8) is 0 Å². The van der Waals surface area contributed by atoms with Gasteiger partial charge in [0.2, 0.25) is 0 Å². The Morgan fingerprint density at radius 1 is 1.39 bits per heavy atom. The van der Waals surface area contributed by atoms with Crippen LogP contribution < -0.4 is 0 Å². The van der Waals surface area contributed by atoms with Gasteiger partial charge in [-0.05, 0) is 24.5 Å². The van der Waals surface area contributed by atoms with Gasteiger partial charge >= 0.3 is 11.9 Å². The number of rotatable bonds is 6. The van der Waals surface area contributed by atoms with Crippen molar-refractivity contribution in [2.45, 2.75) is 26.2 Å². The molecule has 0 saturated carbocycles. The molecule has 5 nitrogen and oxygen atoms in total. The van der Waals surface area contributed by atoms with Gasteiger partial charge in [0.15, 0.2) is 0 Å². The van der Waals surface area contributed by atoms with Crippen molar-refractivity contribution in [1.82, 2.24) is 4.98 Å². The second kappa shape index (κ2) is 7.42. The van der Waals surface area contributed by atoms with E-state index >= 15 is 0 Å². The maximum atomic E-state index is 11.5. The summed E-state index contributed by atoms with van der Waals surface area (Å²) < 4.78 is 9.63. The molecule has 0 saturated heterocycles. The fourth-order valence-electron chi connectivity index (χ4n) is 1.46. The zero-order chi connectivity index (χ0) is 13.4. The van der Waals surface area contributed by atoms with Crippen LogP contribution in [0.4, 0.5) is 0 Å². The maximum absolute atomic E-state index is 11.5. The van der Waals surface area contributed by atoms with Crippen LogP contribution in [0, 0.1) is 0 Å². The van der Waals surface area contributed by atoms with Crippen LogP contribution in [-0.2, 0) is 20.7 Å². The van der Waals surface area contributed by atoms with E-state index in [1.54, 1.807) is 12.3 Å². The summed E-state index contributed by atoms with van der Waals surface area (Å²) in [6.07, 6.45) is 4.53. The number of esters is 2. The number of nitrogens with zero attached hydrogens (tertiary/aromatic N) is 1. The van der Waals surface area contributed by atoms with Crippen molar-refractivity contribution < 1.29 is 19.1 Å². The predicted molar refractivity (Wildman–Crippen MR) is 65.1 cm³/mol. The Morgan fingerprint density at radius 2 is 2.17 bits per heavy atom. The highest BCUT2D eigenvalue weighted by Crippen LogP contribution is 2.11. The van der Waals surface area contributed by atoms with E-state index in [1.807, 2.05) is 6.92 Å². The minimum atomic E-state index is -0.422. The monoisotopic (exact) mass is 251 g/mol. The Labute approximate surface area is 106 Å². The minimum absolute atomic E-state index is 0.232. The molecule has 0 aliphatic carbocycles. The van der Waals surface area contributed by atoms with Crippen LogP contribution >= 0.6 is 0 Å². The predicted octanol–water partition coefficient (Wildman–Crippen LogP) is 1.75. The van der Waals surface area contributed by atoms with Gasteiger partial charge in [-0.15, -0.1) is 0 Å². The fourth-order valence-corrected chi connectivity index (χ4v) is 1.46. The number of hydrogen-bond donors (Lipinski definition) is 0. The molecule has 98 valence electrons. The van der Waals surface area contributed by atoms with Crippen LogP contribution in [0.1, 0.15) is 35.7 Å². The van der Waals surface area contributed by atoms with Gasteiger partial charge in [0.1, 0.15) is 0 Å². The number of aryl methyl sites for hydroxylation is 1. The van der Waals surface area contributed by atoms with Gasteiger partial charge < -0.3 is 9.47 Å². The number of pyridine rings is 1. The van der Waals surface area contributed by atoms with E-state index in [1.165, 1.54) is 13.3 Å². The molecule has 1 aromatic rings. The van der Waals surface area contributed by atoms with E-state index in [0.29, 0.717) is 24.2 Å². The summed E-state index contributed by atoms with van der Waals surface area (Å²) >= 11 is 0. The smallest absolute Gasteiger partial charge is 0.338 e. The molecule has 0 unspecified atom stereocenters. The van der Waals surface area contributed by atoms with Crippen LogP contribution in [-0.4, -0.2) is 30.6 Å². The third-order valence-electron chi connectivity index (χ3n) is 2.37. The van der Waals surface area contributed by atoms with Gasteiger partial charge in [0.25, 0.3) is 0 Å². The second-order valence-electron chi connectivity index (χ2n) is 3.74. The first-order valence-corrected chi connectivity index (χ1v) is 5.85. The molecule has 5 heteroatoms. The molecule has 0 aliphatic heterocycles. The van der Waals surface area contributed by atoms with E-state index in [4.69, 9.17) is 4.74 Å². The van der Waals surface area contributed by atoms with Crippen LogP contribution in [0.2, 0.25) is 0 Å². The Morgan fingerprint density at radius 3 is 2.83 bits per heavy atom. The highest BCUT2D eigenvalue weighted by molar-refractivity contribution is 5.90. The lowest BCUT2D eigenvalue weighted by atomic mass is 10.1. The molecular weight excluding hydrogens is 234 g/mol. The van der Waals surface area contributed by atoms with Crippen LogP contribution in [0.25, 0.3) is 0 Å². The molecule has 0 bridgehead atoms. The lowest BCUT2D eigenvalue weighted by molar-refractivity contribution is -0.143. The lowest BCUT2D eigenvalue weighted by Crippen LogP contribution is -2.10. The largest absolute Gasteiger partial charge is 0.466 e. The highest BCUT2D eigenvalue weighted by Gasteiger charge is 2.13. The van der Waals surface area contributed by atoms with Gasteiger partial charge in [-0.1, -0.05) is 6.92 Å². The number of carbonyl (C=O) groups is 2. The lowest BCUT2D eigenvalue weighted by Gasteiger charge is -2.07. The van der Waals surface area contributed by atoms with Crippen molar-refractivity contribution in [3.8, 4) is 0 Å². The standard InChI is InChI=1S/C13H17NO4/c1-3-8-18-12(15)5-4-10-9-14-7-6-11(10)13(16)17-2/h6-7,9H,3-5,8H2,1-2H3. The summed E-state index contributed by atoms with van der Waals surface area (Å²) in [5.74, 6) is -0.689. The first-order chi connectivity index (χ1) is 8.69. The number of hydrogen-bond acceptors (Lipinski definition) is 5. The molecule has 18 heavy (non-hydrogen) atoms. The highest BCUT2D eigenvalue weighted by atomic mass is 16.5. The number of carbonyl (C=O) groups excluding carboxylic acids is 2. The fraction of sp³-hybridized carbons (Fsp3) is 0.462. The summed E-state index contributed by atoms with van der Waals surface area (Å²) in [6, 6.07) is 1.58. The van der Waals surface area contributed by atoms with Crippen molar-refractivity contribution in [2.24, 2.45) is 0 Å². The van der Waals surface area contributed by atoms with E-state index in [-0.39, 0.29) is 12.4 Å². The third kappa shape index (κ3) is 4.16. The zero-order valence-electron chi connectivity index (χ0n) is 10.6. The second-order valence-corrected chi connectivity index (χ2v) is 3.74. The first-order valence-electron chi connectivity index (χ1n) is 5.85. The van der Waals surface area contributed by atoms with Crippen LogP contribution in [0.3, 0.4) is 0 Å². The van der Waals surface area contributed by atoms with Gasteiger partial charge in [0.05, 0.1) is 19.3 Å². The summed E-state index contributed by atoms with van der Waals surface area (Å²) in [4.78, 5) is 26.8. The molecule has 0 aliphatic rings. The summed E-state index contributed by atoms with van der Waals surface area (Å²) in [7, 11) is 1.32. The molecule has 0 fully saturated rings. The van der Waals surface area contributed by atoms with Crippen LogP contribution in [0.15, 0.2) is 18.5 Å². The van der Waals surface area contributed by atoms with Crippen molar-refractivity contribution >= 4 is 11.9 Å². The summed E-state index contributed by atoms with van der Waals surface area (Å²) in [6.45, 7) is 2.36. The van der Waals surface area contributed by atoms with E-state index in [2.05, 4.69) is 9.72 Å².